The quantitative estimate of drug-likeness (QED) is 0.796. The van der Waals surface area contributed by atoms with Crippen molar-refractivity contribution in [1.29, 1.82) is 0 Å². The second-order valence-corrected chi connectivity index (χ2v) is 4.53. The van der Waals surface area contributed by atoms with Gasteiger partial charge in [0.15, 0.2) is 0 Å². The van der Waals surface area contributed by atoms with Crippen molar-refractivity contribution in [3.8, 4) is 5.75 Å². The van der Waals surface area contributed by atoms with Crippen molar-refractivity contribution in [2.45, 2.75) is 39.8 Å². The van der Waals surface area contributed by atoms with Crippen LogP contribution in [-0.4, -0.2) is 19.2 Å². The van der Waals surface area contributed by atoms with Crippen LogP contribution in [-0.2, 0) is 0 Å². The number of nitrogens with zero attached hydrogens (tertiary/aromatic N) is 1. The zero-order valence-corrected chi connectivity index (χ0v) is 10.8. The van der Waals surface area contributed by atoms with E-state index in [1.807, 2.05) is 18.2 Å². The van der Waals surface area contributed by atoms with Crippen molar-refractivity contribution < 1.29 is 4.74 Å². The van der Waals surface area contributed by atoms with Crippen LogP contribution in [0.15, 0.2) is 18.2 Å². The summed E-state index contributed by atoms with van der Waals surface area (Å²) in [6, 6.07) is 6.58. The summed E-state index contributed by atoms with van der Waals surface area (Å²) in [4.78, 5) is 2.30. The molecule has 0 atom stereocenters. The van der Waals surface area contributed by atoms with E-state index < -0.39 is 0 Å². The summed E-state index contributed by atoms with van der Waals surface area (Å²) in [6.07, 6.45) is 0. The number of nitrogens with two attached hydrogens (primary N) is 1. The Kier molecular flexibility index (Phi) is 4.05. The fourth-order valence-corrected chi connectivity index (χ4v) is 2.06. The van der Waals surface area contributed by atoms with Crippen LogP contribution in [0.3, 0.4) is 0 Å². The number of ether oxygens (including phenoxy) is 1. The van der Waals surface area contributed by atoms with Crippen LogP contribution in [0.25, 0.3) is 0 Å². The first-order valence-corrected chi connectivity index (χ1v) is 5.69. The molecule has 3 nitrogen and oxygen atoms in total. The van der Waals surface area contributed by atoms with E-state index >= 15 is 0 Å². The predicted molar refractivity (Wildman–Crippen MR) is 70.2 cm³/mol. The van der Waals surface area contributed by atoms with Crippen LogP contribution >= 0.6 is 0 Å². The van der Waals surface area contributed by atoms with E-state index in [1.165, 1.54) is 0 Å². The van der Waals surface area contributed by atoms with Gasteiger partial charge in [0.05, 0.1) is 12.8 Å². The molecule has 0 heterocycles. The molecule has 0 aliphatic rings. The summed E-state index contributed by atoms with van der Waals surface area (Å²) in [6.45, 7) is 8.68. The second-order valence-electron chi connectivity index (χ2n) is 4.53. The first-order valence-electron chi connectivity index (χ1n) is 5.69. The molecule has 0 spiro atoms. The molecule has 90 valence electrons. The van der Waals surface area contributed by atoms with Gasteiger partial charge in [-0.15, -0.1) is 0 Å². The maximum atomic E-state index is 5.84. The molecule has 0 amide bonds. The molecule has 0 saturated heterocycles. The van der Waals surface area contributed by atoms with Gasteiger partial charge in [-0.3, -0.25) is 0 Å². The second kappa shape index (κ2) is 5.10. The van der Waals surface area contributed by atoms with E-state index in [0.717, 1.165) is 17.1 Å². The average molecular weight is 222 g/mol. The van der Waals surface area contributed by atoms with Crippen LogP contribution in [0.1, 0.15) is 27.7 Å². The number of methoxy groups -OCH3 is 1. The van der Waals surface area contributed by atoms with E-state index in [0.29, 0.717) is 12.1 Å². The third kappa shape index (κ3) is 2.60. The maximum absolute atomic E-state index is 5.84. The van der Waals surface area contributed by atoms with Gasteiger partial charge in [-0.25, -0.2) is 0 Å². The molecule has 0 unspecified atom stereocenters. The molecule has 0 saturated carbocycles. The van der Waals surface area contributed by atoms with Crippen molar-refractivity contribution in [3.63, 3.8) is 0 Å². The van der Waals surface area contributed by atoms with Crippen LogP contribution in [0, 0.1) is 0 Å². The molecule has 0 radical (unpaired) electrons. The lowest BCUT2D eigenvalue weighted by atomic mass is 10.1. The van der Waals surface area contributed by atoms with Crippen LogP contribution < -0.4 is 15.4 Å². The number of anilines is 2. The fraction of sp³-hybridized carbons (Fsp3) is 0.538. The van der Waals surface area contributed by atoms with Gasteiger partial charge in [-0.1, -0.05) is 0 Å². The Balaban J connectivity index is 3.21. The third-order valence-electron chi connectivity index (χ3n) is 2.59. The molecule has 2 N–H and O–H groups in total. The molecule has 3 heteroatoms. The van der Waals surface area contributed by atoms with Gasteiger partial charge < -0.3 is 15.4 Å². The standard InChI is InChI=1S/C13H22N2O/c1-9(2)15(10(3)4)12-8-11(14)6-7-13(12)16-5/h6-10H,14H2,1-5H3. The molecular formula is C13H22N2O. The number of benzene rings is 1. The topological polar surface area (TPSA) is 38.5 Å². The van der Waals surface area contributed by atoms with Gasteiger partial charge in [0, 0.05) is 17.8 Å². The summed E-state index contributed by atoms with van der Waals surface area (Å²) in [5.41, 5.74) is 7.67. The van der Waals surface area contributed by atoms with Crippen LogP contribution in [0.2, 0.25) is 0 Å². The summed E-state index contributed by atoms with van der Waals surface area (Å²) in [7, 11) is 1.69. The number of nitrogen functional groups attached to an aromatic ring is 1. The summed E-state index contributed by atoms with van der Waals surface area (Å²) < 4.78 is 5.38. The van der Waals surface area contributed by atoms with E-state index in [4.69, 9.17) is 10.5 Å². The lowest BCUT2D eigenvalue weighted by molar-refractivity contribution is 0.411. The summed E-state index contributed by atoms with van der Waals surface area (Å²) >= 11 is 0. The Hall–Kier alpha value is -1.38. The zero-order chi connectivity index (χ0) is 12.3. The van der Waals surface area contributed by atoms with E-state index in [-0.39, 0.29) is 0 Å². The number of hydrogen-bond acceptors (Lipinski definition) is 3. The number of rotatable bonds is 4. The third-order valence-corrected chi connectivity index (χ3v) is 2.59. The van der Waals surface area contributed by atoms with E-state index in [1.54, 1.807) is 7.11 Å². The first-order chi connectivity index (χ1) is 7.47. The first kappa shape index (κ1) is 12.7. The molecule has 1 rings (SSSR count). The lowest BCUT2D eigenvalue weighted by Crippen LogP contribution is -2.37. The van der Waals surface area contributed by atoms with E-state index in [2.05, 4.69) is 32.6 Å². The minimum Gasteiger partial charge on any atom is -0.495 e. The van der Waals surface area contributed by atoms with Crippen molar-refractivity contribution in [3.05, 3.63) is 18.2 Å². The van der Waals surface area contributed by atoms with Gasteiger partial charge in [0.25, 0.3) is 0 Å². The van der Waals surface area contributed by atoms with Crippen molar-refractivity contribution >= 4 is 11.4 Å². The Labute approximate surface area is 98.2 Å². The molecule has 0 aliphatic carbocycles. The van der Waals surface area contributed by atoms with Crippen molar-refractivity contribution in [2.75, 3.05) is 17.7 Å². The Morgan fingerprint density at radius 1 is 1.12 bits per heavy atom. The smallest absolute Gasteiger partial charge is 0.142 e. The van der Waals surface area contributed by atoms with Crippen molar-refractivity contribution in [2.24, 2.45) is 0 Å². The molecule has 0 aromatic heterocycles. The minimum atomic E-state index is 0.413. The van der Waals surface area contributed by atoms with Crippen LogP contribution in [0.4, 0.5) is 11.4 Å². The molecule has 0 fully saturated rings. The fourth-order valence-electron chi connectivity index (χ4n) is 2.06. The molecule has 0 bridgehead atoms. The highest BCUT2D eigenvalue weighted by molar-refractivity contribution is 5.65. The normalized spacial score (nSPS) is 10.9. The van der Waals surface area contributed by atoms with Gasteiger partial charge in [-0.05, 0) is 45.9 Å². The Morgan fingerprint density at radius 3 is 2.12 bits per heavy atom. The molecule has 1 aromatic rings. The monoisotopic (exact) mass is 222 g/mol. The number of hydrogen-bond donors (Lipinski definition) is 1. The SMILES string of the molecule is COc1ccc(N)cc1N(C(C)C)C(C)C. The highest BCUT2D eigenvalue weighted by Gasteiger charge is 2.18. The van der Waals surface area contributed by atoms with Gasteiger partial charge in [0.1, 0.15) is 5.75 Å². The largest absolute Gasteiger partial charge is 0.495 e. The molecule has 0 aliphatic heterocycles. The molecule has 16 heavy (non-hydrogen) atoms. The van der Waals surface area contributed by atoms with Crippen molar-refractivity contribution in [1.82, 2.24) is 0 Å². The zero-order valence-electron chi connectivity index (χ0n) is 10.8. The molecular weight excluding hydrogens is 200 g/mol. The predicted octanol–water partition coefficient (Wildman–Crippen LogP) is 2.90. The lowest BCUT2D eigenvalue weighted by Gasteiger charge is -2.34. The highest BCUT2D eigenvalue weighted by atomic mass is 16.5. The minimum absolute atomic E-state index is 0.413. The van der Waals surface area contributed by atoms with Crippen LogP contribution in [0.5, 0.6) is 5.75 Å². The Morgan fingerprint density at radius 2 is 1.69 bits per heavy atom. The highest BCUT2D eigenvalue weighted by Crippen LogP contribution is 2.32. The summed E-state index contributed by atoms with van der Waals surface area (Å²) in [5, 5.41) is 0. The average Bonchev–Trinajstić information content (AvgIpc) is 2.17. The summed E-state index contributed by atoms with van der Waals surface area (Å²) in [5.74, 6) is 0.872. The van der Waals surface area contributed by atoms with Gasteiger partial charge >= 0.3 is 0 Å². The maximum Gasteiger partial charge on any atom is 0.142 e. The van der Waals surface area contributed by atoms with Gasteiger partial charge in [-0.2, -0.15) is 0 Å². The Bertz CT molecular complexity index is 340. The van der Waals surface area contributed by atoms with Gasteiger partial charge in [0.2, 0.25) is 0 Å². The molecule has 1 aromatic carbocycles. The van der Waals surface area contributed by atoms with E-state index in [9.17, 15) is 0 Å².